The van der Waals surface area contributed by atoms with Crippen LogP contribution in [0.25, 0.3) is 0 Å². The SMILES string of the molecule is CC(C)(C1CCN(C(=O)C2([NH3+])CCCC2)CC1)S(=O)(=O)c1cccc(C(F)(F)F)c1. The molecule has 1 aromatic rings. The van der Waals surface area contributed by atoms with Crippen molar-refractivity contribution < 1.29 is 32.1 Å². The van der Waals surface area contributed by atoms with Crippen molar-refractivity contribution in [2.75, 3.05) is 13.1 Å². The molecule has 1 aliphatic heterocycles. The van der Waals surface area contributed by atoms with Crippen molar-refractivity contribution in [3.05, 3.63) is 29.8 Å². The van der Waals surface area contributed by atoms with E-state index < -0.39 is 31.9 Å². The van der Waals surface area contributed by atoms with Crippen LogP contribution in [0, 0.1) is 5.92 Å². The number of piperidine rings is 1. The molecule has 0 spiro atoms. The molecule has 2 fully saturated rings. The van der Waals surface area contributed by atoms with E-state index in [9.17, 15) is 26.4 Å². The van der Waals surface area contributed by atoms with Gasteiger partial charge >= 0.3 is 6.18 Å². The molecule has 5 nitrogen and oxygen atoms in total. The molecule has 1 aromatic carbocycles. The molecule has 1 saturated carbocycles. The topological polar surface area (TPSA) is 82.1 Å². The van der Waals surface area contributed by atoms with Gasteiger partial charge in [0, 0.05) is 25.9 Å². The lowest BCUT2D eigenvalue weighted by molar-refractivity contribution is -0.458. The Morgan fingerprint density at radius 2 is 1.70 bits per heavy atom. The van der Waals surface area contributed by atoms with Gasteiger partial charge < -0.3 is 10.6 Å². The van der Waals surface area contributed by atoms with Crippen LogP contribution in [0.1, 0.15) is 57.9 Å². The maximum Gasteiger partial charge on any atom is 0.416 e. The van der Waals surface area contributed by atoms with E-state index in [1.807, 2.05) is 0 Å². The Labute approximate surface area is 175 Å². The molecule has 2 aliphatic rings. The van der Waals surface area contributed by atoms with Gasteiger partial charge in [0.15, 0.2) is 15.4 Å². The van der Waals surface area contributed by atoms with Crippen LogP contribution in [0.3, 0.4) is 0 Å². The van der Waals surface area contributed by atoms with E-state index >= 15 is 0 Å². The number of alkyl halides is 3. The number of amides is 1. The molecule has 0 atom stereocenters. The van der Waals surface area contributed by atoms with Crippen molar-refractivity contribution >= 4 is 15.7 Å². The monoisotopic (exact) mass is 447 g/mol. The Balaban J connectivity index is 1.75. The zero-order valence-electron chi connectivity index (χ0n) is 17.5. The fraction of sp³-hybridized carbons (Fsp3) is 0.667. The van der Waals surface area contributed by atoms with Gasteiger partial charge in [0.05, 0.1) is 15.2 Å². The highest BCUT2D eigenvalue weighted by Gasteiger charge is 2.48. The number of benzene rings is 1. The second-order valence-corrected chi connectivity index (χ2v) is 11.7. The average Bonchev–Trinajstić information content (AvgIpc) is 3.14. The number of sulfone groups is 1. The third-order valence-corrected chi connectivity index (χ3v) is 9.54. The highest BCUT2D eigenvalue weighted by atomic mass is 32.2. The van der Waals surface area contributed by atoms with E-state index in [0.717, 1.165) is 37.8 Å². The summed E-state index contributed by atoms with van der Waals surface area (Å²) in [5.74, 6) is -0.220. The Kier molecular flexibility index (Phi) is 6.01. The van der Waals surface area contributed by atoms with Gasteiger partial charge in [-0.05, 0) is 63.6 Å². The van der Waals surface area contributed by atoms with Gasteiger partial charge in [-0.1, -0.05) is 6.07 Å². The molecule has 9 heteroatoms. The number of quaternary nitrogens is 1. The predicted molar refractivity (Wildman–Crippen MR) is 106 cm³/mol. The smallest absolute Gasteiger partial charge is 0.345 e. The van der Waals surface area contributed by atoms with Crippen LogP contribution in [0.5, 0.6) is 0 Å². The zero-order valence-corrected chi connectivity index (χ0v) is 18.3. The number of halogens is 3. The number of carbonyl (C=O) groups excluding carboxylic acids is 1. The van der Waals surface area contributed by atoms with Crippen molar-refractivity contribution in [2.45, 2.75) is 73.7 Å². The molecule has 3 N–H and O–H groups in total. The minimum absolute atomic E-state index is 0.0389. The van der Waals surface area contributed by atoms with Gasteiger partial charge in [-0.3, -0.25) is 4.79 Å². The van der Waals surface area contributed by atoms with Gasteiger partial charge in [-0.2, -0.15) is 13.2 Å². The van der Waals surface area contributed by atoms with Crippen LogP contribution in [-0.2, 0) is 20.8 Å². The lowest BCUT2D eigenvalue weighted by Crippen LogP contribution is -2.78. The number of nitrogens with zero attached hydrogens (tertiary/aromatic N) is 1. The molecule has 3 rings (SSSR count). The highest BCUT2D eigenvalue weighted by Crippen LogP contribution is 2.40. The van der Waals surface area contributed by atoms with E-state index in [2.05, 4.69) is 5.73 Å². The minimum Gasteiger partial charge on any atom is -0.345 e. The second-order valence-electron chi connectivity index (χ2n) is 9.19. The van der Waals surface area contributed by atoms with E-state index in [1.165, 1.54) is 6.07 Å². The maximum atomic E-state index is 13.3. The quantitative estimate of drug-likeness (QED) is 0.770. The molecule has 1 amide bonds. The summed E-state index contributed by atoms with van der Waals surface area (Å²) in [7, 11) is -4.00. The summed E-state index contributed by atoms with van der Waals surface area (Å²) in [4.78, 5) is 14.3. The number of hydrogen-bond acceptors (Lipinski definition) is 3. The zero-order chi connectivity index (χ0) is 22.4. The van der Waals surface area contributed by atoms with Crippen molar-refractivity contribution in [1.82, 2.24) is 4.90 Å². The first-order valence-electron chi connectivity index (χ1n) is 10.4. The third-order valence-electron chi connectivity index (χ3n) is 6.94. The minimum atomic E-state index is -4.61. The van der Waals surface area contributed by atoms with Gasteiger partial charge in [0.2, 0.25) is 0 Å². The summed E-state index contributed by atoms with van der Waals surface area (Å²) in [6, 6.07) is 3.93. The molecular weight excluding hydrogens is 417 g/mol. The fourth-order valence-corrected chi connectivity index (χ4v) is 6.56. The predicted octanol–water partition coefficient (Wildman–Crippen LogP) is 3.05. The standard InChI is InChI=1S/C21H29F3N2O3S/c1-19(2,30(28,29)17-7-5-6-16(14-17)21(22,23)24)15-8-12-26(13-9-15)18(27)20(25)10-3-4-11-20/h5-7,14-15H,3-4,8-13,25H2,1-2H3/p+1. The van der Waals surface area contributed by atoms with Crippen LogP contribution in [0.15, 0.2) is 29.2 Å². The van der Waals surface area contributed by atoms with Gasteiger partial charge in [0.1, 0.15) is 0 Å². The summed E-state index contributed by atoms with van der Waals surface area (Å²) < 4.78 is 64.4. The molecule has 1 aliphatic carbocycles. The molecule has 0 radical (unpaired) electrons. The van der Waals surface area contributed by atoms with Crippen LogP contribution < -0.4 is 5.73 Å². The van der Waals surface area contributed by atoms with Crippen molar-refractivity contribution in [3.8, 4) is 0 Å². The maximum absolute atomic E-state index is 13.3. The third kappa shape index (κ3) is 4.10. The average molecular weight is 448 g/mol. The summed E-state index contributed by atoms with van der Waals surface area (Å²) in [5.41, 5.74) is 2.60. The number of rotatable bonds is 4. The summed E-state index contributed by atoms with van der Waals surface area (Å²) in [6.07, 6.45) is -0.0733. The normalized spacial score (nSPS) is 21.1. The molecule has 1 heterocycles. The van der Waals surface area contributed by atoms with Crippen LogP contribution in [0.4, 0.5) is 13.2 Å². The Hall–Kier alpha value is -1.61. The summed E-state index contributed by atoms with van der Waals surface area (Å²) >= 11 is 0. The van der Waals surface area contributed by atoms with Gasteiger partial charge in [0.25, 0.3) is 5.91 Å². The summed E-state index contributed by atoms with van der Waals surface area (Å²) in [5, 5.41) is 0. The van der Waals surface area contributed by atoms with Gasteiger partial charge in [-0.15, -0.1) is 0 Å². The molecular formula is C21H30F3N2O3S+. The Morgan fingerprint density at radius 3 is 2.23 bits per heavy atom. The number of carbonyl (C=O) groups is 1. The van der Waals surface area contributed by atoms with E-state index in [-0.39, 0.29) is 16.7 Å². The lowest BCUT2D eigenvalue weighted by atomic mass is 9.85. The Bertz CT molecular complexity index is 898. The summed E-state index contributed by atoms with van der Waals surface area (Å²) in [6.45, 7) is 4.04. The van der Waals surface area contributed by atoms with Crippen molar-refractivity contribution in [3.63, 3.8) is 0 Å². The largest absolute Gasteiger partial charge is 0.416 e. The Morgan fingerprint density at radius 1 is 1.13 bits per heavy atom. The van der Waals surface area contributed by atoms with E-state index in [4.69, 9.17) is 0 Å². The molecule has 0 bridgehead atoms. The number of hydrogen-bond donors (Lipinski definition) is 1. The molecule has 0 unspecified atom stereocenters. The first kappa shape index (κ1) is 23.1. The van der Waals surface area contributed by atoms with Crippen LogP contribution in [0.2, 0.25) is 0 Å². The van der Waals surface area contributed by atoms with Crippen molar-refractivity contribution in [2.24, 2.45) is 5.92 Å². The van der Waals surface area contributed by atoms with Gasteiger partial charge in [-0.25, -0.2) is 8.42 Å². The molecule has 0 aromatic heterocycles. The molecule has 30 heavy (non-hydrogen) atoms. The van der Waals surface area contributed by atoms with E-state index in [0.29, 0.717) is 32.0 Å². The molecule has 1 saturated heterocycles. The van der Waals surface area contributed by atoms with Crippen molar-refractivity contribution in [1.29, 1.82) is 0 Å². The first-order valence-corrected chi connectivity index (χ1v) is 11.8. The van der Waals surface area contributed by atoms with Crippen LogP contribution >= 0.6 is 0 Å². The highest BCUT2D eigenvalue weighted by molar-refractivity contribution is 7.92. The van der Waals surface area contributed by atoms with Crippen LogP contribution in [-0.4, -0.2) is 42.6 Å². The lowest BCUT2D eigenvalue weighted by Gasteiger charge is -2.41. The number of likely N-dealkylation sites (tertiary alicyclic amines) is 1. The first-order chi connectivity index (χ1) is 13.8. The second kappa shape index (κ2) is 7.82. The van der Waals surface area contributed by atoms with E-state index in [1.54, 1.807) is 18.7 Å². The molecule has 168 valence electrons. The fourth-order valence-electron chi connectivity index (χ4n) is 4.74.